The van der Waals surface area contributed by atoms with Crippen LogP contribution < -0.4 is 5.32 Å². The number of sulfonamides is 1. The SMILES string of the molecule is CN(C1CC1)S(=O)(=O)c1ccc(NC(=O)c2ncoc2-c2ccco2)cc1. The van der Waals surface area contributed by atoms with Crippen molar-refractivity contribution in [3.63, 3.8) is 0 Å². The van der Waals surface area contributed by atoms with Gasteiger partial charge in [-0.25, -0.2) is 13.4 Å². The molecule has 1 saturated carbocycles. The minimum Gasteiger partial charge on any atom is -0.461 e. The number of oxazole rings is 1. The van der Waals surface area contributed by atoms with Crippen LogP contribution in [0, 0.1) is 0 Å². The molecule has 3 aromatic rings. The van der Waals surface area contributed by atoms with Crippen molar-refractivity contribution in [3.8, 4) is 11.5 Å². The van der Waals surface area contributed by atoms with Crippen LogP contribution in [-0.4, -0.2) is 36.7 Å². The van der Waals surface area contributed by atoms with E-state index in [0.29, 0.717) is 11.4 Å². The molecule has 4 rings (SSSR count). The predicted octanol–water partition coefficient (Wildman–Crippen LogP) is 2.97. The number of aromatic nitrogens is 1. The van der Waals surface area contributed by atoms with E-state index >= 15 is 0 Å². The number of carbonyl (C=O) groups is 1. The second kappa shape index (κ2) is 6.67. The number of nitrogens with one attached hydrogen (secondary N) is 1. The highest BCUT2D eigenvalue weighted by molar-refractivity contribution is 7.89. The lowest BCUT2D eigenvalue weighted by molar-refractivity contribution is 0.102. The Bertz CT molecular complexity index is 1050. The molecule has 0 bridgehead atoms. The number of nitrogens with zero attached hydrogens (tertiary/aromatic N) is 2. The van der Waals surface area contributed by atoms with E-state index < -0.39 is 15.9 Å². The van der Waals surface area contributed by atoms with Gasteiger partial charge in [0.15, 0.2) is 17.8 Å². The number of hydrogen-bond donors (Lipinski definition) is 1. The van der Waals surface area contributed by atoms with Gasteiger partial charge in [0, 0.05) is 18.8 Å². The average Bonchev–Trinajstić information content (AvgIpc) is 3.15. The molecule has 8 nitrogen and oxygen atoms in total. The molecule has 140 valence electrons. The lowest BCUT2D eigenvalue weighted by Crippen LogP contribution is -2.28. The van der Waals surface area contributed by atoms with Crippen LogP contribution in [-0.2, 0) is 10.0 Å². The highest BCUT2D eigenvalue weighted by atomic mass is 32.2. The monoisotopic (exact) mass is 387 g/mol. The Kier molecular flexibility index (Phi) is 4.33. The number of anilines is 1. The van der Waals surface area contributed by atoms with Crippen molar-refractivity contribution >= 4 is 21.6 Å². The smallest absolute Gasteiger partial charge is 0.278 e. The molecule has 27 heavy (non-hydrogen) atoms. The average molecular weight is 387 g/mol. The Labute approximate surface area is 155 Å². The summed E-state index contributed by atoms with van der Waals surface area (Å²) in [7, 11) is -1.93. The summed E-state index contributed by atoms with van der Waals surface area (Å²) in [5.74, 6) is 0.130. The van der Waals surface area contributed by atoms with E-state index in [1.165, 1.54) is 34.8 Å². The Morgan fingerprint density at radius 2 is 1.93 bits per heavy atom. The van der Waals surface area contributed by atoms with E-state index in [1.54, 1.807) is 19.2 Å². The summed E-state index contributed by atoms with van der Waals surface area (Å²) in [5.41, 5.74) is 0.525. The third-order valence-electron chi connectivity index (χ3n) is 4.38. The first-order chi connectivity index (χ1) is 13.0. The first-order valence-corrected chi connectivity index (χ1v) is 9.77. The van der Waals surface area contributed by atoms with Crippen LogP contribution in [0.2, 0.25) is 0 Å². The van der Waals surface area contributed by atoms with Crippen LogP contribution >= 0.6 is 0 Å². The summed E-state index contributed by atoms with van der Waals surface area (Å²) < 4.78 is 36.9. The van der Waals surface area contributed by atoms with E-state index in [0.717, 1.165) is 19.2 Å². The Balaban J connectivity index is 1.51. The number of hydrogen-bond acceptors (Lipinski definition) is 6. The zero-order valence-corrected chi connectivity index (χ0v) is 15.3. The molecule has 1 aromatic carbocycles. The van der Waals surface area contributed by atoms with E-state index in [2.05, 4.69) is 10.3 Å². The van der Waals surface area contributed by atoms with Crippen LogP contribution in [0.4, 0.5) is 5.69 Å². The lowest BCUT2D eigenvalue weighted by Gasteiger charge is -2.16. The molecule has 0 spiro atoms. The highest BCUT2D eigenvalue weighted by Crippen LogP contribution is 2.31. The van der Waals surface area contributed by atoms with Gasteiger partial charge in [-0.05, 0) is 49.2 Å². The standard InChI is InChI=1S/C18H17N3O5S/c1-21(13-6-7-13)27(23,24)14-8-4-12(5-9-14)20-18(22)16-17(26-11-19-16)15-3-2-10-25-15/h2-5,8-11,13H,6-7H2,1H3,(H,20,22). The third kappa shape index (κ3) is 3.38. The highest BCUT2D eigenvalue weighted by Gasteiger charge is 2.35. The van der Waals surface area contributed by atoms with Gasteiger partial charge in [0.05, 0.1) is 11.2 Å². The zero-order chi connectivity index (χ0) is 19.0. The topological polar surface area (TPSA) is 106 Å². The first-order valence-electron chi connectivity index (χ1n) is 8.33. The van der Waals surface area contributed by atoms with Crippen LogP contribution in [0.1, 0.15) is 23.3 Å². The molecule has 0 unspecified atom stereocenters. The predicted molar refractivity (Wildman–Crippen MR) is 96.6 cm³/mol. The van der Waals surface area contributed by atoms with Crippen LogP contribution in [0.5, 0.6) is 0 Å². The minimum atomic E-state index is -3.52. The molecule has 0 saturated heterocycles. The Morgan fingerprint density at radius 3 is 2.56 bits per heavy atom. The van der Waals surface area contributed by atoms with Crippen molar-refractivity contribution in [1.29, 1.82) is 0 Å². The molecule has 1 N–H and O–H groups in total. The molecular weight excluding hydrogens is 370 g/mol. The largest absolute Gasteiger partial charge is 0.461 e. The van der Waals surface area contributed by atoms with Gasteiger partial charge in [-0.3, -0.25) is 4.79 Å². The fraction of sp³-hybridized carbons (Fsp3) is 0.222. The van der Waals surface area contributed by atoms with Gasteiger partial charge in [-0.1, -0.05) is 0 Å². The van der Waals surface area contributed by atoms with Gasteiger partial charge in [0.1, 0.15) is 0 Å². The summed E-state index contributed by atoms with van der Waals surface area (Å²) in [6, 6.07) is 9.45. The molecule has 1 amide bonds. The molecule has 0 atom stereocenters. The maximum atomic E-state index is 12.5. The summed E-state index contributed by atoms with van der Waals surface area (Å²) in [6.07, 6.45) is 4.41. The van der Waals surface area contributed by atoms with E-state index in [-0.39, 0.29) is 22.4 Å². The maximum absolute atomic E-state index is 12.5. The number of rotatable bonds is 6. The fourth-order valence-electron chi connectivity index (χ4n) is 2.69. The molecule has 2 heterocycles. The van der Waals surface area contributed by atoms with Crippen LogP contribution in [0.25, 0.3) is 11.5 Å². The Hall–Kier alpha value is -2.91. The van der Waals surface area contributed by atoms with Crippen molar-refractivity contribution in [2.24, 2.45) is 0 Å². The number of amides is 1. The maximum Gasteiger partial charge on any atom is 0.278 e. The van der Waals surface area contributed by atoms with Crippen molar-refractivity contribution in [2.45, 2.75) is 23.8 Å². The van der Waals surface area contributed by atoms with Gasteiger partial charge >= 0.3 is 0 Å². The normalized spacial score (nSPS) is 14.4. The first kappa shape index (κ1) is 17.5. The molecule has 2 aromatic heterocycles. The summed E-state index contributed by atoms with van der Waals surface area (Å²) in [6.45, 7) is 0. The number of furan rings is 1. The molecular formula is C18H17N3O5S. The number of carbonyl (C=O) groups excluding carboxylic acids is 1. The summed E-state index contributed by atoms with van der Waals surface area (Å²) >= 11 is 0. The van der Waals surface area contributed by atoms with E-state index in [9.17, 15) is 13.2 Å². The quantitative estimate of drug-likeness (QED) is 0.697. The molecule has 0 aliphatic heterocycles. The second-order valence-electron chi connectivity index (χ2n) is 6.24. The van der Waals surface area contributed by atoms with Crippen molar-refractivity contribution in [1.82, 2.24) is 9.29 Å². The van der Waals surface area contributed by atoms with Gasteiger partial charge in [0.2, 0.25) is 15.8 Å². The lowest BCUT2D eigenvalue weighted by atomic mass is 10.2. The summed E-state index contributed by atoms with van der Waals surface area (Å²) in [4.78, 5) is 16.6. The molecule has 9 heteroatoms. The number of benzene rings is 1. The van der Waals surface area contributed by atoms with Crippen LogP contribution in [0.15, 0.2) is 62.8 Å². The third-order valence-corrected chi connectivity index (χ3v) is 6.30. The zero-order valence-electron chi connectivity index (χ0n) is 14.5. The fourth-order valence-corrected chi connectivity index (χ4v) is 4.11. The van der Waals surface area contributed by atoms with Crippen molar-refractivity contribution in [3.05, 3.63) is 54.7 Å². The van der Waals surface area contributed by atoms with Gasteiger partial charge in [-0.2, -0.15) is 4.31 Å². The molecule has 0 radical (unpaired) electrons. The molecule has 1 fully saturated rings. The molecule has 1 aliphatic rings. The van der Waals surface area contributed by atoms with Crippen molar-refractivity contribution in [2.75, 3.05) is 12.4 Å². The van der Waals surface area contributed by atoms with Crippen LogP contribution in [0.3, 0.4) is 0 Å². The Morgan fingerprint density at radius 1 is 1.19 bits per heavy atom. The van der Waals surface area contributed by atoms with Gasteiger partial charge in [0.25, 0.3) is 5.91 Å². The van der Waals surface area contributed by atoms with Crippen molar-refractivity contribution < 1.29 is 22.0 Å². The van der Waals surface area contributed by atoms with E-state index in [1.807, 2.05) is 0 Å². The van der Waals surface area contributed by atoms with Gasteiger partial charge in [-0.15, -0.1) is 0 Å². The van der Waals surface area contributed by atoms with E-state index in [4.69, 9.17) is 8.83 Å². The van der Waals surface area contributed by atoms with Gasteiger partial charge < -0.3 is 14.2 Å². The molecule has 1 aliphatic carbocycles. The minimum absolute atomic E-state index is 0.0788. The second-order valence-corrected chi connectivity index (χ2v) is 8.24. The summed E-state index contributed by atoms with van der Waals surface area (Å²) in [5, 5.41) is 2.68.